The van der Waals surface area contributed by atoms with Crippen molar-refractivity contribution in [2.75, 3.05) is 13.6 Å². The van der Waals surface area contributed by atoms with Crippen LogP contribution < -0.4 is 4.72 Å². The van der Waals surface area contributed by atoms with Gasteiger partial charge < -0.3 is 4.90 Å². The lowest BCUT2D eigenvalue weighted by Crippen LogP contribution is -2.33. The first-order valence-electron chi connectivity index (χ1n) is 8.28. The number of nitrogens with zero attached hydrogens (tertiary/aromatic N) is 1. The van der Waals surface area contributed by atoms with Gasteiger partial charge in [0.25, 0.3) is 5.91 Å². The summed E-state index contributed by atoms with van der Waals surface area (Å²) in [5, 5.41) is 0. The van der Waals surface area contributed by atoms with Gasteiger partial charge in [-0.2, -0.15) is 0 Å². The van der Waals surface area contributed by atoms with Crippen molar-refractivity contribution in [3.63, 3.8) is 0 Å². The molecular weight excluding hydrogens is 331 g/mol. The van der Waals surface area contributed by atoms with Crippen LogP contribution in [0, 0.1) is 11.7 Å². The third kappa shape index (κ3) is 4.54. The normalized spacial score (nSPS) is 15.9. The fraction of sp³-hybridized carbons (Fsp3) is 0.588. The Morgan fingerprint density at radius 3 is 2.54 bits per heavy atom. The van der Waals surface area contributed by atoms with E-state index in [-0.39, 0.29) is 17.5 Å². The van der Waals surface area contributed by atoms with E-state index in [4.69, 9.17) is 0 Å². The first-order chi connectivity index (χ1) is 11.2. The highest BCUT2D eigenvalue weighted by atomic mass is 32.2. The van der Waals surface area contributed by atoms with Gasteiger partial charge in [-0.15, -0.1) is 0 Å². The Balaban J connectivity index is 2.21. The standard InChI is InChI=1S/C17H25FN2O3S/c1-12(2)19-24(22,23)16-10-14(8-9-15(16)18)17(21)20(3)11-13-6-4-5-7-13/h8-10,12-13,19H,4-7,11H2,1-3H3. The van der Waals surface area contributed by atoms with E-state index in [1.807, 2.05) is 0 Å². The molecule has 5 nitrogen and oxygen atoms in total. The van der Waals surface area contributed by atoms with Crippen LogP contribution in [0.1, 0.15) is 49.9 Å². The van der Waals surface area contributed by atoms with Crippen LogP contribution in [0.25, 0.3) is 0 Å². The van der Waals surface area contributed by atoms with Gasteiger partial charge in [-0.3, -0.25) is 4.79 Å². The molecule has 0 radical (unpaired) electrons. The second kappa shape index (κ2) is 7.61. The number of hydrogen-bond donors (Lipinski definition) is 1. The molecule has 1 aromatic rings. The smallest absolute Gasteiger partial charge is 0.253 e. The Morgan fingerprint density at radius 1 is 1.33 bits per heavy atom. The van der Waals surface area contributed by atoms with Crippen LogP contribution in [0.5, 0.6) is 0 Å². The number of carbonyl (C=O) groups is 1. The zero-order valence-corrected chi connectivity index (χ0v) is 15.2. The number of nitrogens with one attached hydrogen (secondary N) is 1. The third-order valence-electron chi connectivity index (χ3n) is 4.21. The molecule has 0 spiro atoms. The molecule has 0 atom stereocenters. The van der Waals surface area contributed by atoms with Gasteiger partial charge in [0.05, 0.1) is 0 Å². The number of hydrogen-bond acceptors (Lipinski definition) is 3. The van der Waals surface area contributed by atoms with Gasteiger partial charge in [0.15, 0.2) is 0 Å². The summed E-state index contributed by atoms with van der Waals surface area (Å²) in [7, 11) is -2.29. The van der Waals surface area contributed by atoms with Crippen LogP contribution in [0.2, 0.25) is 0 Å². The van der Waals surface area contributed by atoms with Gasteiger partial charge in [0, 0.05) is 25.2 Å². The summed E-state index contributed by atoms with van der Waals surface area (Å²) < 4.78 is 40.7. The zero-order chi connectivity index (χ0) is 17.9. The summed E-state index contributed by atoms with van der Waals surface area (Å²) >= 11 is 0. The number of amides is 1. The minimum Gasteiger partial charge on any atom is -0.341 e. The van der Waals surface area contributed by atoms with E-state index in [9.17, 15) is 17.6 Å². The van der Waals surface area contributed by atoms with Crippen molar-refractivity contribution in [3.8, 4) is 0 Å². The monoisotopic (exact) mass is 356 g/mol. The molecular formula is C17H25FN2O3S. The number of benzene rings is 1. The molecule has 0 heterocycles. The van der Waals surface area contributed by atoms with Crippen molar-refractivity contribution in [1.82, 2.24) is 9.62 Å². The molecule has 1 N–H and O–H groups in total. The van der Waals surface area contributed by atoms with E-state index in [1.165, 1.54) is 18.9 Å². The van der Waals surface area contributed by atoms with Gasteiger partial charge in [0.2, 0.25) is 10.0 Å². The van der Waals surface area contributed by atoms with Crippen LogP contribution in [0.4, 0.5) is 4.39 Å². The summed E-state index contributed by atoms with van der Waals surface area (Å²) in [6, 6.07) is 3.12. The molecule has 1 aromatic carbocycles. The Labute approximate surface area is 143 Å². The average Bonchev–Trinajstić information content (AvgIpc) is 2.98. The van der Waals surface area contributed by atoms with Gasteiger partial charge in [-0.1, -0.05) is 12.8 Å². The van der Waals surface area contributed by atoms with Crippen molar-refractivity contribution in [2.45, 2.75) is 50.5 Å². The third-order valence-corrected chi connectivity index (χ3v) is 5.89. The molecule has 24 heavy (non-hydrogen) atoms. The summed E-state index contributed by atoms with van der Waals surface area (Å²) in [6.07, 6.45) is 4.59. The van der Waals surface area contributed by atoms with Crippen molar-refractivity contribution in [3.05, 3.63) is 29.6 Å². The average molecular weight is 356 g/mol. The summed E-state index contributed by atoms with van der Waals surface area (Å²) in [6.45, 7) is 3.95. The topological polar surface area (TPSA) is 66.5 Å². The fourth-order valence-electron chi connectivity index (χ4n) is 3.10. The highest BCUT2D eigenvalue weighted by Crippen LogP contribution is 2.26. The van der Waals surface area contributed by atoms with Crippen LogP contribution in [-0.2, 0) is 10.0 Å². The Hall–Kier alpha value is -1.47. The second-order valence-corrected chi connectivity index (χ2v) is 8.44. The van der Waals surface area contributed by atoms with Gasteiger partial charge in [-0.25, -0.2) is 17.5 Å². The van der Waals surface area contributed by atoms with Crippen LogP contribution in [0.3, 0.4) is 0 Å². The van der Waals surface area contributed by atoms with Crippen LogP contribution in [0.15, 0.2) is 23.1 Å². The minimum absolute atomic E-state index is 0.182. The van der Waals surface area contributed by atoms with Gasteiger partial charge in [0.1, 0.15) is 10.7 Å². The van der Waals surface area contributed by atoms with E-state index >= 15 is 0 Å². The lowest BCUT2D eigenvalue weighted by molar-refractivity contribution is 0.0773. The molecule has 0 unspecified atom stereocenters. The van der Waals surface area contributed by atoms with Crippen LogP contribution >= 0.6 is 0 Å². The van der Waals surface area contributed by atoms with Crippen molar-refractivity contribution in [2.24, 2.45) is 5.92 Å². The molecule has 134 valence electrons. The van der Waals surface area contributed by atoms with Gasteiger partial charge >= 0.3 is 0 Å². The molecule has 0 aromatic heterocycles. The Kier molecular flexibility index (Phi) is 5.98. The largest absolute Gasteiger partial charge is 0.341 e. The molecule has 0 aliphatic heterocycles. The highest BCUT2D eigenvalue weighted by Gasteiger charge is 2.24. The van der Waals surface area contributed by atoms with Crippen molar-refractivity contribution < 1.29 is 17.6 Å². The van der Waals surface area contributed by atoms with Crippen molar-refractivity contribution >= 4 is 15.9 Å². The molecule has 1 saturated carbocycles. The molecule has 1 amide bonds. The first-order valence-corrected chi connectivity index (χ1v) is 9.76. The van der Waals surface area contributed by atoms with E-state index in [0.29, 0.717) is 12.5 Å². The maximum absolute atomic E-state index is 14.0. The highest BCUT2D eigenvalue weighted by molar-refractivity contribution is 7.89. The van der Waals surface area contributed by atoms with E-state index in [2.05, 4.69) is 4.72 Å². The maximum Gasteiger partial charge on any atom is 0.253 e. The van der Waals surface area contributed by atoms with Gasteiger partial charge in [-0.05, 0) is 50.8 Å². The summed E-state index contributed by atoms with van der Waals surface area (Å²) in [5.74, 6) is -0.661. The molecule has 0 bridgehead atoms. The molecule has 2 rings (SSSR count). The second-order valence-electron chi connectivity index (χ2n) is 6.76. The molecule has 1 fully saturated rings. The summed E-state index contributed by atoms with van der Waals surface area (Å²) in [5.41, 5.74) is 0.182. The zero-order valence-electron chi connectivity index (χ0n) is 14.4. The number of carbonyl (C=O) groups excluding carboxylic acids is 1. The first kappa shape index (κ1) is 18.9. The molecule has 7 heteroatoms. The van der Waals surface area contributed by atoms with E-state index in [0.717, 1.165) is 25.0 Å². The van der Waals surface area contributed by atoms with E-state index in [1.54, 1.807) is 25.8 Å². The number of halogens is 1. The predicted molar refractivity (Wildman–Crippen MR) is 90.8 cm³/mol. The van der Waals surface area contributed by atoms with Crippen molar-refractivity contribution in [1.29, 1.82) is 0 Å². The maximum atomic E-state index is 14.0. The minimum atomic E-state index is -3.99. The number of rotatable bonds is 6. The SMILES string of the molecule is CC(C)NS(=O)(=O)c1cc(C(=O)N(C)CC2CCCC2)ccc1F. The molecule has 1 aliphatic rings. The lowest BCUT2D eigenvalue weighted by atomic mass is 10.1. The number of sulfonamides is 1. The fourth-order valence-corrected chi connectivity index (χ4v) is 4.45. The van der Waals surface area contributed by atoms with Crippen LogP contribution in [-0.4, -0.2) is 38.9 Å². The predicted octanol–water partition coefficient (Wildman–Crippen LogP) is 2.77. The van der Waals surface area contributed by atoms with E-state index < -0.39 is 20.7 Å². The Bertz CT molecular complexity index is 698. The molecule has 1 aliphatic carbocycles. The summed E-state index contributed by atoms with van der Waals surface area (Å²) in [4.78, 5) is 13.6. The Morgan fingerprint density at radius 2 is 1.96 bits per heavy atom. The lowest BCUT2D eigenvalue weighted by Gasteiger charge is -2.21. The molecule has 0 saturated heterocycles. The quantitative estimate of drug-likeness (QED) is 0.852.